The van der Waals surface area contributed by atoms with Crippen molar-refractivity contribution in [2.45, 2.75) is 6.42 Å². The fourth-order valence-corrected chi connectivity index (χ4v) is 2.91. The van der Waals surface area contributed by atoms with Gasteiger partial charge in [0.15, 0.2) is 23.2 Å². The number of ether oxygens (including phenoxy) is 4. The summed E-state index contributed by atoms with van der Waals surface area (Å²) in [5.41, 5.74) is 1.21. The van der Waals surface area contributed by atoms with Gasteiger partial charge in [0.05, 0.1) is 19.2 Å². The number of aromatic nitrogens is 1. The zero-order chi connectivity index (χ0) is 19.9. The summed E-state index contributed by atoms with van der Waals surface area (Å²) >= 11 is 1.15. The SMILES string of the molecule is COC(=O)Cc1csc(NC(=O)COC(=O)/C=C/c2ccc3c(c2)OCO3)n1. The van der Waals surface area contributed by atoms with Gasteiger partial charge >= 0.3 is 11.9 Å². The lowest BCUT2D eigenvalue weighted by molar-refractivity contribution is -0.142. The van der Waals surface area contributed by atoms with Crippen molar-refractivity contribution in [2.75, 3.05) is 25.8 Å². The lowest BCUT2D eigenvalue weighted by atomic mass is 10.2. The van der Waals surface area contributed by atoms with Crippen molar-refractivity contribution in [1.29, 1.82) is 0 Å². The smallest absolute Gasteiger partial charge is 0.331 e. The molecule has 1 aliphatic rings. The molecule has 146 valence electrons. The molecule has 0 saturated heterocycles. The van der Waals surface area contributed by atoms with E-state index in [0.29, 0.717) is 22.3 Å². The van der Waals surface area contributed by atoms with Gasteiger partial charge in [-0.1, -0.05) is 6.07 Å². The van der Waals surface area contributed by atoms with Crippen LogP contribution in [-0.4, -0.2) is 43.3 Å². The molecule has 1 aromatic heterocycles. The van der Waals surface area contributed by atoms with Crippen molar-refractivity contribution in [3.8, 4) is 11.5 Å². The molecule has 2 aromatic rings. The summed E-state index contributed by atoms with van der Waals surface area (Å²) in [4.78, 5) is 38.9. The molecule has 10 heteroatoms. The molecule has 0 atom stereocenters. The number of benzene rings is 1. The standard InChI is InChI=1S/C18H16N2O7S/c1-24-17(23)7-12-9-28-18(19-12)20-15(21)8-25-16(22)5-3-11-2-4-13-14(6-11)27-10-26-13/h2-6,9H,7-8,10H2,1H3,(H,19,20,21)/b5-3+. The molecule has 28 heavy (non-hydrogen) atoms. The third kappa shape index (κ3) is 5.30. The Bertz CT molecular complexity index is 922. The third-order valence-corrected chi connectivity index (χ3v) is 4.31. The average molecular weight is 404 g/mol. The average Bonchev–Trinajstić information content (AvgIpc) is 3.33. The summed E-state index contributed by atoms with van der Waals surface area (Å²) in [6.45, 7) is -0.292. The van der Waals surface area contributed by atoms with Crippen molar-refractivity contribution >= 4 is 40.4 Å². The maximum Gasteiger partial charge on any atom is 0.331 e. The summed E-state index contributed by atoms with van der Waals surface area (Å²) < 4.78 is 19.9. The second-order valence-electron chi connectivity index (χ2n) is 5.50. The summed E-state index contributed by atoms with van der Waals surface area (Å²) in [7, 11) is 1.28. The zero-order valence-corrected chi connectivity index (χ0v) is 15.6. The topological polar surface area (TPSA) is 113 Å². The van der Waals surface area contributed by atoms with Crippen LogP contribution < -0.4 is 14.8 Å². The number of nitrogens with zero attached hydrogens (tertiary/aromatic N) is 1. The van der Waals surface area contributed by atoms with E-state index in [1.165, 1.54) is 13.2 Å². The Morgan fingerprint density at radius 3 is 2.93 bits per heavy atom. The van der Waals surface area contributed by atoms with Gasteiger partial charge in [0.1, 0.15) is 0 Å². The van der Waals surface area contributed by atoms with Gasteiger partial charge in [-0.15, -0.1) is 11.3 Å². The van der Waals surface area contributed by atoms with E-state index in [-0.39, 0.29) is 13.2 Å². The summed E-state index contributed by atoms with van der Waals surface area (Å²) in [6.07, 6.45) is 2.77. The number of amides is 1. The number of hydrogen-bond acceptors (Lipinski definition) is 9. The van der Waals surface area contributed by atoms with E-state index in [1.54, 1.807) is 29.7 Å². The fraction of sp³-hybridized carbons (Fsp3) is 0.222. The minimum absolute atomic E-state index is 0.0164. The molecule has 3 rings (SSSR count). The van der Waals surface area contributed by atoms with Gasteiger partial charge in [-0.2, -0.15) is 0 Å². The van der Waals surface area contributed by atoms with Gasteiger partial charge in [0.25, 0.3) is 5.91 Å². The Morgan fingerprint density at radius 2 is 2.11 bits per heavy atom. The van der Waals surface area contributed by atoms with Crippen molar-refractivity contribution in [2.24, 2.45) is 0 Å². The first kappa shape index (κ1) is 19.4. The predicted molar refractivity (Wildman–Crippen MR) is 99.0 cm³/mol. The van der Waals surface area contributed by atoms with Gasteiger partial charge in [0.2, 0.25) is 6.79 Å². The maximum atomic E-state index is 11.8. The molecule has 9 nitrogen and oxygen atoms in total. The summed E-state index contributed by atoms with van der Waals surface area (Å²) in [5, 5.41) is 4.43. The van der Waals surface area contributed by atoms with Crippen LogP contribution in [0.15, 0.2) is 29.7 Å². The van der Waals surface area contributed by atoms with E-state index < -0.39 is 24.5 Å². The number of hydrogen-bond donors (Lipinski definition) is 1. The molecule has 0 unspecified atom stereocenters. The largest absolute Gasteiger partial charge is 0.469 e. The van der Waals surface area contributed by atoms with Gasteiger partial charge in [-0.05, 0) is 23.8 Å². The number of nitrogens with one attached hydrogen (secondary N) is 1. The van der Waals surface area contributed by atoms with Crippen LogP contribution in [0.2, 0.25) is 0 Å². The zero-order valence-electron chi connectivity index (χ0n) is 14.8. The van der Waals surface area contributed by atoms with Crippen molar-refractivity contribution in [1.82, 2.24) is 4.98 Å². The van der Waals surface area contributed by atoms with Crippen LogP contribution in [0, 0.1) is 0 Å². The maximum absolute atomic E-state index is 11.8. The first-order valence-corrected chi connectivity index (χ1v) is 8.97. The molecule has 1 amide bonds. The molecular weight excluding hydrogens is 388 g/mol. The van der Waals surface area contributed by atoms with Crippen molar-refractivity contribution < 1.29 is 33.3 Å². The number of carbonyl (C=O) groups is 3. The summed E-state index contributed by atoms with van der Waals surface area (Å²) in [6, 6.07) is 5.23. The Kier molecular flexibility index (Phi) is 6.22. The van der Waals surface area contributed by atoms with Crippen LogP contribution in [0.25, 0.3) is 6.08 Å². The van der Waals surface area contributed by atoms with Crippen LogP contribution in [0.5, 0.6) is 11.5 Å². The highest BCUT2D eigenvalue weighted by atomic mass is 32.1. The highest BCUT2D eigenvalue weighted by molar-refractivity contribution is 7.13. The molecule has 0 saturated carbocycles. The number of esters is 2. The van der Waals surface area contributed by atoms with Gasteiger partial charge in [0, 0.05) is 11.5 Å². The lowest BCUT2D eigenvalue weighted by Gasteiger charge is -2.02. The predicted octanol–water partition coefficient (Wildman–Crippen LogP) is 1.78. The van der Waals surface area contributed by atoms with Gasteiger partial charge in [-0.25, -0.2) is 9.78 Å². The number of methoxy groups -OCH3 is 1. The van der Waals surface area contributed by atoms with Gasteiger partial charge < -0.3 is 18.9 Å². The second kappa shape index (κ2) is 9.00. The summed E-state index contributed by atoms with van der Waals surface area (Å²) in [5.74, 6) is -0.383. The molecule has 2 heterocycles. The molecule has 0 spiro atoms. The van der Waals surface area contributed by atoms with E-state index in [9.17, 15) is 14.4 Å². The molecule has 0 fully saturated rings. The number of fused-ring (bicyclic) bond motifs is 1. The first-order valence-electron chi connectivity index (χ1n) is 8.09. The molecule has 0 radical (unpaired) electrons. The normalized spacial score (nSPS) is 12.0. The van der Waals surface area contributed by atoms with E-state index in [0.717, 1.165) is 16.9 Å². The molecular formula is C18H16N2O7S. The number of thiazole rings is 1. The first-order chi connectivity index (χ1) is 13.5. The van der Waals surface area contributed by atoms with Crippen LogP contribution >= 0.6 is 11.3 Å². The third-order valence-electron chi connectivity index (χ3n) is 3.51. The Hall–Kier alpha value is -3.40. The van der Waals surface area contributed by atoms with Crippen LogP contribution in [-0.2, 0) is 30.3 Å². The molecule has 1 N–H and O–H groups in total. The van der Waals surface area contributed by atoms with E-state index in [1.807, 2.05) is 0 Å². The van der Waals surface area contributed by atoms with Crippen molar-refractivity contribution in [3.63, 3.8) is 0 Å². The highest BCUT2D eigenvalue weighted by Crippen LogP contribution is 2.32. The Balaban J connectivity index is 1.44. The molecule has 0 aliphatic carbocycles. The van der Waals surface area contributed by atoms with E-state index >= 15 is 0 Å². The highest BCUT2D eigenvalue weighted by Gasteiger charge is 2.13. The Morgan fingerprint density at radius 1 is 1.29 bits per heavy atom. The van der Waals surface area contributed by atoms with E-state index in [2.05, 4.69) is 15.0 Å². The molecule has 1 aromatic carbocycles. The fourth-order valence-electron chi connectivity index (χ4n) is 2.19. The minimum atomic E-state index is -0.668. The minimum Gasteiger partial charge on any atom is -0.469 e. The molecule has 0 bridgehead atoms. The van der Waals surface area contributed by atoms with E-state index in [4.69, 9.17) is 14.2 Å². The monoisotopic (exact) mass is 404 g/mol. The Labute approximate surface area is 163 Å². The quantitative estimate of drug-likeness (QED) is 0.549. The van der Waals surface area contributed by atoms with Crippen LogP contribution in [0.3, 0.4) is 0 Å². The number of anilines is 1. The molecule has 1 aliphatic heterocycles. The lowest BCUT2D eigenvalue weighted by Crippen LogP contribution is -2.20. The van der Waals surface area contributed by atoms with Crippen molar-refractivity contribution in [3.05, 3.63) is 40.9 Å². The van der Waals surface area contributed by atoms with Crippen LogP contribution in [0.4, 0.5) is 5.13 Å². The second-order valence-corrected chi connectivity index (χ2v) is 6.36. The van der Waals surface area contributed by atoms with Crippen LogP contribution in [0.1, 0.15) is 11.3 Å². The number of carbonyl (C=O) groups excluding carboxylic acids is 3. The van der Waals surface area contributed by atoms with Gasteiger partial charge in [-0.3, -0.25) is 14.9 Å². The number of rotatable bonds is 7.